The normalized spacial score (nSPS) is 10.3. The number of furan rings is 1. The van der Waals surface area contributed by atoms with E-state index in [-0.39, 0.29) is 0 Å². The highest BCUT2D eigenvalue weighted by molar-refractivity contribution is 7.80. The molecule has 0 unspecified atom stereocenters. The lowest BCUT2D eigenvalue weighted by atomic mass is 10.2. The molecule has 0 aliphatic heterocycles. The van der Waals surface area contributed by atoms with Gasteiger partial charge < -0.3 is 19.4 Å². The first kappa shape index (κ1) is 17.0. The lowest BCUT2D eigenvalue weighted by molar-refractivity contribution is -0.378. The number of pyridine rings is 1. The van der Waals surface area contributed by atoms with E-state index in [0.29, 0.717) is 18.2 Å². The van der Waals surface area contributed by atoms with Crippen LogP contribution in [0.3, 0.4) is 0 Å². The Morgan fingerprint density at radius 3 is 2.64 bits per heavy atom. The lowest BCUT2D eigenvalue weighted by Gasteiger charge is -2.24. The average molecular weight is 354 g/mol. The van der Waals surface area contributed by atoms with Crippen molar-refractivity contribution in [2.75, 3.05) is 12.4 Å². The predicted octanol–water partition coefficient (Wildman–Crippen LogP) is 3.50. The molecule has 2 aromatic heterocycles. The number of nitrogens with zero attached hydrogens (tertiary/aromatic N) is 1. The molecular weight excluding hydrogens is 334 g/mol. The number of thiocarbonyl (C=S) groups is 1. The standard InChI is InChI=1S/C19H19N3O2S/c1-23-17-8-6-16(7-9-17)21-19(25)22(14-18-5-3-11-24-18)13-15-4-2-10-20-12-15/h2-12H,13-14H2,1H3,(H,21,25)/p+1. The zero-order valence-corrected chi connectivity index (χ0v) is 14.8. The molecule has 0 aliphatic carbocycles. The van der Waals surface area contributed by atoms with Gasteiger partial charge in [-0.25, -0.2) is 4.98 Å². The number of hydrogen-bond donors (Lipinski definition) is 1. The van der Waals surface area contributed by atoms with Gasteiger partial charge in [0, 0.05) is 17.3 Å². The Morgan fingerprint density at radius 1 is 1.16 bits per heavy atom. The topological polar surface area (TPSA) is 51.8 Å². The van der Waals surface area contributed by atoms with Crippen LogP contribution in [0.5, 0.6) is 5.75 Å². The van der Waals surface area contributed by atoms with Gasteiger partial charge in [-0.3, -0.25) is 0 Å². The van der Waals surface area contributed by atoms with E-state index in [9.17, 15) is 0 Å². The van der Waals surface area contributed by atoms with Crippen molar-refractivity contribution in [1.82, 2.24) is 4.90 Å². The van der Waals surface area contributed by atoms with Gasteiger partial charge in [0.25, 0.3) is 0 Å². The van der Waals surface area contributed by atoms with Gasteiger partial charge in [0.1, 0.15) is 11.5 Å². The maximum absolute atomic E-state index is 5.62. The molecule has 0 amide bonds. The highest BCUT2D eigenvalue weighted by Gasteiger charge is 2.14. The van der Waals surface area contributed by atoms with E-state index in [2.05, 4.69) is 21.3 Å². The molecule has 0 atom stereocenters. The van der Waals surface area contributed by atoms with Gasteiger partial charge in [-0.1, -0.05) is 0 Å². The van der Waals surface area contributed by atoms with Crippen molar-refractivity contribution in [2.24, 2.45) is 0 Å². The summed E-state index contributed by atoms with van der Waals surface area (Å²) >= 11 is 5.62. The number of nitrogens with one attached hydrogen (secondary N) is 2. The number of rotatable bonds is 6. The molecule has 0 radical (unpaired) electrons. The van der Waals surface area contributed by atoms with Crippen molar-refractivity contribution in [3.63, 3.8) is 0 Å². The average Bonchev–Trinajstić information content (AvgIpc) is 3.16. The molecule has 6 heteroatoms. The fourth-order valence-corrected chi connectivity index (χ4v) is 2.66. The molecule has 3 aromatic rings. The van der Waals surface area contributed by atoms with Crippen molar-refractivity contribution >= 4 is 23.0 Å². The fraction of sp³-hybridized carbons (Fsp3) is 0.158. The molecular formula is C19H20N3O2S+. The van der Waals surface area contributed by atoms with Crippen LogP contribution < -0.4 is 15.0 Å². The third-order valence-corrected chi connectivity index (χ3v) is 4.06. The van der Waals surface area contributed by atoms with Crippen LogP contribution in [0.2, 0.25) is 0 Å². The number of H-pyrrole nitrogens is 1. The van der Waals surface area contributed by atoms with Gasteiger partial charge >= 0.3 is 0 Å². The van der Waals surface area contributed by atoms with Crippen molar-refractivity contribution in [1.29, 1.82) is 0 Å². The Kier molecular flexibility index (Phi) is 5.64. The van der Waals surface area contributed by atoms with E-state index < -0.39 is 0 Å². The summed E-state index contributed by atoms with van der Waals surface area (Å²) in [5, 5.41) is 3.91. The van der Waals surface area contributed by atoms with Crippen LogP contribution >= 0.6 is 12.2 Å². The molecule has 2 N–H and O–H groups in total. The van der Waals surface area contributed by atoms with Gasteiger partial charge in [-0.2, -0.15) is 0 Å². The van der Waals surface area contributed by atoms with Crippen LogP contribution in [0.1, 0.15) is 11.3 Å². The number of benzene rings is 1. The van der Waals surface area contributed by atoms with Crippen molar-refractivity contribution in [3.05, 3.63) is 78.5 Å². The monoisotopic (exact) mass is 354 g/mol. The quantitative estimate of drug-likeness (QED) is 0.687. The van der Waals surface area contributed by atoms with E-state index in [1.54, 1.807) is 13.4 Å². The summed E-state index contributed by atoms with van der Waals surface area (Å²) in [6, 6.07) is 15.5. The summed E-state index contributed by atoms with van der Waals surface area (Å²) < 4.78 is 10.7. The number of anilines is 1. The maximum atomic E-state index is 5.62. The highest BCUT2D eigenvalue weighted by atomic mass is 32.1. The minimum Gasteiger partial charge on any atom is -0.497 e. The first-order chi connectivity index (χ1) is 12.2. The molecule has 0 spiro atoms. The Bertz CT molecular complexity index is 789. The molecule has 128 valence electrons. The molecule has 25 heavy (non-hydrogen) atoms. The summed E-state index contributed by atoms with van der Waals surface area (Å²) in [5.74, 6) is 1.67. The maximum Gasteiger partial charge on any atom is 0.174 e. The number of aromatic amines is 1. The summed E-state index contributed by atoms with van der Waals surface area (Å²) in [7, 11) is 1.65. The highest BCUT2D eigenvalue weighted by Crippen LogP contribution is 2.17. The molecule has 3 rings (SSSR count). The number of aromatic nitrogens is 1. The molecule has 0 saturated heterocycles. The van der Waals surface area contributed by atoms with Crippen LogP contribution in [0.4, 0.5) is 5.69 Å². The lowest BCUT2D eigenvalue weighted by Crippen LogP contribution is -2.34. The van der Waals surface area contributed by atoms with Gasteiger partial charge in [0.15, 0.2) is 17.5 Å². The largest absolute Gasteiger partial charge is 0.497 e. The van der Waals surface area contributed by atoms with Crippen LogP contribution in [-0.2, 0) is 13.1 Å². The third kappa shape index (κ3) is 4.81. The minimum atomic E-state index is 0.587. The fourth-order valence-electron chi connectivity index (χ4n) is 2.42. The van der Waals surface area contributed by atoms with E-state index in [1.807, 2.05) is 54.9 Å². The van der Waals surface area contributed by atoms with Crippen LogP contribution in [0, 0.1) is 0 Å². The molecule has 0 saturated carbocycles. The minimum absolute atomic E-state index is 0.587. The van der Waals surface area contributed by atoms with Gasteiger partial charge in [-0.05, 0) is 54.7 Å². The first-order valence-electron chi connectivity index (χ1n) is 7.92. The summed E-state index contributed by atoms with van der Waals surface area (Å²) in [4.78, 5) is 5.16. The Morgan fingerprint density at radius 2 is 2.00 bits per heavy atom. The number of hydrogen-bond acceptors (Lipinski definition) is 3. The second kappa shape index (κ2) is 8.30. The van der Waals surface area contributed by atoms with Crippen molar-refractivity contribution in [2.45, 2.75) is 13.1 Å². The summed E-state index contributed by atoms with van der Waals surface area (Å²) in [6.45, 7) is 1.25. The van der Waals surface area contributed by atoms with Crippen LogP contribution in [-0.4, -0.2) is 17.1 Å². The van der Waals surface area contributed by atoms with Gasteiger partial charge in [0.05, 0.1) is 26.5 Å². The molecule has 2 heterocycles. The van der Waals surface area contributed by atoms with E-state index in [1.165, 1.54) is 0 Å². The SMILES string of the molecule is COc1ccc(NC(=S)N(Cc2ccc[nH+]c2)Cc2ccco2)cc1. The number of ether oxygens (including phenoxy) is 1. The Hall–Kier alpha value is -2.86. The van der Waals surface area contributed by atoms with Gasteiger partial charge in [0.2, 0.25) is 0 Å². The van der Waals surface area contributed by atoms with Crippen molar-refractivity contribution < 1.29 is 14.1 Å². The molecule has 1 aromatic carbocycles. The first-order valence-corrected chi connectivity index (χ1v) is 8.33. The Balaban J connectivity index is 1.73. The zero-order chi connectivity index (χ0) is 17.5. The molecule has 0 bridgehead atoms. The Labute approximate surface area is 152 Å². The third-order valence-electron chi connectivity index (χ3n) is 3.70. The smallest absolute Gasteiger partial charge is 0.174 e. The second-order valence-corrected chi connectivity index (χ2v) is 5.89. The molecule has 0 aliphatic rings. The number of methoxy groups -OCH3 is 1. The van der Waals surface area contributed by atoms with E-state index >= 15 is 0 Å². The molecule has 0 fully saturated rings. The van der Waals surface area contributed by atoms with Crippen LogP contribution in [0.25, 0.3) is 0 Å². The summed E-state index contributed by atoms with van der Waals surface area (Å²) in [6.07, 6.45) is 5.52. The summed E-state index contributed by atoms with van der Waals surface area (Å²) in [5.41, 5.74) is 2.04. The van der Waals surface area contributed by atoms with Crippen molar-refractivity contribution in [3.8, 4) is 5.75 Å². The van der Waals surface area contributed by atoms with Crippen LogP contribution in [0.15, 0.2) is 71.6 Å². The zero-order valence-electron chi connectivity index (χ0n) is 13.9. The van der Waals surface area contributed by atoms with E-state index in [0.717, 1.165) is 22.8 Å². The second-order valence-electron chi connectivity index (χ2n) is 5.51. The van der Waals surface area contributed by atoms with Gasteiger partial charge in [-0.15, -0.1) is 0 Å². The molecule has 5 nitrogen and oxygen atoms in total. The van der Waals surface area contributed by atoms with E-state index in [4.69, 9.17) is 21.4 Å². The predicted molar refractivity (Wildman–Crippen MR) is 100 cm³/mol.